The number of carbonyl (C=O) groups excluding carboxylic acids is 2. The molecule has 2 aromatic rings. The molecule has 7 heteroatoms. The molecule has 2 amide bonds. The van der Waals surface area contributed by atoms with Crippen LogP contribution in [-0.4, -0.2) is 24.9 Å². The summed E-state index contributed by atoms with van der Waals surface area (Å²) in [6.07, 6.45) is 0.436. The SMILES string of the molecule is O=C(CNC(=O)Cc1ccccc1F)NCCc1ccc(Cl)cc1Cl. The highest BCUT2D eigenvalue weighted by molar-refractivity contribution is 6.35. The zero-order valence-electron chi connectivity index (χ0n) is 13.3. The summed E-state index contributed by atoms with van der Waals surface area (Å²) in [5, 5.41) is 6.24. The zero-order chi connectivity index (χ0) is 18.2. The van der Waals surface area contributed by atoms with Gasteiger partial charge in [-0.1, -0.05) is 47.5 Å². The van der Waals surface area contributed by atoms with Gasteiger partial charge in [-0.2, -0.15) is 0 Å². The van der Waals surface area contributed by atoms with E-state index in [-0.39, 0.29) is 24.4 Å². The smallest absolute Gasteiger partial charge is 0.239 e. The maximum absolute atomic E-state index is 13.5. The van der Waals surface area contributed by atoms with Crippen molar-refractivity contribution in [1.82, 2.24) is 10.6 Å². The lowest BCUT2D eigenvalue weighted by Gasteiger charge is -2.08. The average molecular weight is 383 g/mol. The molecule has 0 aliphatic carbocycles. The first-order chi connectivity index (χ1) is 12.0. The van der Waals surface area contributed by atoms with Gasteiger partial charge < -0.3 is 10.6 Å². The van der Waals surface area contributed by atoms with Crippen molar-refractivity contribution in [3.05, 3.63) is 69.5 Å². The van der Waals surface area contributed by atoms with E-state index in [0.29, 0.717) is 23.0 Å². The lowest BCUT2D eigenvalue weighted by atomic mass is 10.1. The standard InChI is InChI=1S/C18H17Cl2FN2O2/c19-14-6-5-12(15(20)10-14)7-8-22-18(25)11-23-17(24)9-13-3-1-2-4-16(13)21/h1-6,10H,7-9,11H2,(H,22,25)(H,23,24). The third-order valence-electron chi connectivity index (χ3n) is 3.49. The lowest BCUT2D eigenvalue weighted by molar-refractivity contribution is -0.125. The van der Waals surface area contributed by atoms with Crippen molar-refractivity contribution in [2.75, 3.05) is 13.1 Å². The van der Waals surface area contributed by atoms with Gasteiger partial charge in [-0.15, -0.1) is 0 Å². The highest BCUT2D eigenvalue weighted by atomic mass is 35.5. The molecule has 0 bridgehead atoms. The largest absolute Gasteiger partial charge is 0.354 e. The molecule has 0 spiro atoms. The minimum atomic E-state index is -0.443. The normalized spacial score (nSPS) is 10.4. The average Bonchev–Trinajstić information content (AvgIpc) is 2.57. The lowest BCUT2D eigenvalue weighted by Crippen LogP contribution is -2.38. The highest BCUT2D eigenvalue weighted by Gasteiger charge is 2.09. The van der Waals surface area contributed by atoms with Gasteiger partial charge in [0, 0.05) is 16.6 Å². The molecule has 2 aromatic carbocycles. The monoisotopic (exact) mass is 382 g/mol. The number of nitrogens with one attached hydrogen (secondary N) is 2. The summed E-state index contributed by atoms with van der Waals surface area (Å²) >= 11 is 11.9. The summed E-state index contributed by atoms with van der Waals surface area (Å²) in [6.45, 7) is 0.213. The van der Waals surface area contributed by atoms with Gasteiger partial charge in [0.15, 0.2) is 0 Å². The van der Waals surface area contributed by atoms with Crippen LogP contribution in [0.5, 0.6) is 0 Å². The Morgan fingerprint density at radius 1 is 0.960 bits per heavy atom. The summed E-state index contributed by atoms with van der Waals surface area (Å²) in [4.78, 5) is 23.5. The molecule has 0 heterocycles. The van der Waals surface area contributed by atoms with Crippen LogP contribution >= 0.6 is 23.2 Å². The van der Waals surface area contributed by atoms with Gasteiger partial charge in [0.05, 0.1) is 13.0 Å². The summed E-state index contributed by atoms with van der Waals surface area (Å²) in [6, 6.07) is 11.2. The molecule has 0 aromatic heterocycles. The maximum atomic E-state index is 13.5. The molecular weight excluding hydrogens is 366 g/mol. The van der Waals surface area contributed by atoms with Gasteiger partial charge in [0.25, 0.3) is 0 Å². The van der Waals surface area contributed by atoms with E-state index in [1.165, 1.54) is 12.1 Å². The van der Waals surface area contributed by atoms with Crippen LogP contribution < -0.4 is 10.6 Å². The molecule has 2 rings (SSSR count). The Kier molecular flexibility index (Phi) is 7.22. The topological polar surface area (TPSA) is 58.2 Å². The molecule has 0 radical (unpaired) electrons. The summed E-state index contributed by atoms with van der Waals surface area (Å²) in [7, 11) is 0. The second-order valence-electron chi connectivity index (χ2n) is 5.38. The van der Waals surface area contributed by atoms with Crippen LogP contribution in [0.4, 0.5) is 4.39 Å². The van der Waals surface area contributed by atoms with Crippen molar-refractivity contribution in [1.29, 1.82) is 0 Å². The number of benzene rings is 2. The zero-order valence-corrected chi connectivity index (χ0v) is 14.8. The van der Waals surface area contributed by atoms with E-state index in [4.69, 9.17) is 23.2 Å². The van der Waals surface area contributed by atoms with Crippen LogP contribution in [0.3, 0.4) is 0 Å². The summed E-state index contributed by atoms with van der Waals surface area (Å²) in [5.74, 6) is -1.19. The van der Waals surface area contributed by atoms with Gasteiger partial charge in [0.2, 0.25) is 11.8 Å². The van der Waals surface area contributed by atoms with E-state index in [2.05, 4.69) is 10.6 Å². The van der Waals surface area contributed by atoms with E-state index in [9.17, 15) is 14.0 Å². The minimum absolute atomic E-state index is 0.111. The Labute approximate surface area is 155 Å². The second-order valence-corrected chi connectivity index (χ2v) is 6.22. The molecule has 25 heavy (non-hydrogen) atoms. The van der Waals surface area contributed by atoms with Crippen LogP contribution in [0.15, 0.2) is 42.5 Å². The minimum Gasteiger partial charge on any atom is -0.354 e. The Balaban J connectivity index is 1.70. The number of halogens is 3. The molecule has 0 aliphatic heterocycles. The first-order valence-electron chi connectivity index (χ1n) is 7.66. The number of carbonyl (C=O) groups is 2. The van der Waals surface area contributed by atoms with Crippen LogP contribution in [-0.2, 0) is 22.4 Å². The van der Waals surface area contributed by atoms with Crippen molar-refractivity contribution in [2.45, 2.75) is 12.8 Å². The van der Waals surface area contributed by atoms with E-state index < -0.39 is 11.7 Å². The fourth-order valence-corrected chi connectivity index (χ4v) is 2.68. The third-order valence-corrected chi connectivity index (χ3v) is 4.07. The second kappa shape index (κ2) is 9.39. The molecule has 0 saturated heterocycles. The molecule has 4 nitrogen and oxygen atoms in total. The van der Waals surface area contributed by atoms with Crippen LogP contribution in [0, 0.1) is 5.82 Å². The Morgan fingerprint density at radius 3 is 2.44 bits per heavy atom. The molecule has 0 fully saturated rings. The first kappa shape index (κ1) is 19.2. The van der Waals surface area contributed by atoms with Crippen molar-refractivity contribution in [3.8, 4) is 0 Å². The molecule has 2 N–H and O–H groups in total. The molecular formula is C18H17Cl2FN2O2. The van der Waals surface area contributed by atoms with Gasteiger partial charge >= 0.3 is 0 Å². The van der Waals surface area contributed by atoms with Crippen molar-refractivity contribution in [2.24, 2.45) is 0 Å². The van der Waals surface area contributed by atoms with Gasteiger partial charge in [-0.25, -0.2) is 4.39 Å². The fourth-order valence-electron chi connectivity index (χ4n) is 2.18. The van der Waals surface area contributed by atoms with E-state index in [1.54, 1.807) is 30.3 Å². The van der Waals surface area contributed by atoms with Crippen molar-refractivity contribution < 1.29 is 14.0 Å². The molecule has 0 aliphatic rings. The molecule has 0 saturated carbocycles. The summed E-state index contributed by atoms with van der Waals surface area (Å²) < 4.78 is 13.5. The number of rotatable bonds is 7. The molecule has 0 atom stereocenters. The predicted octanol–water partition coefficient (Wildman–Crippen LogP) is 3.15. The quantitative estimate of drug-likeness (QED) is 0.772. The molecule has 132 valence electrons. The number of hydrogen-bond donors (Lipinski definition) is 2. The summed E-state index contributed by atoms with van der Waals surface area (Å²) in [5.41, 5.74) is 1.16. The Bertz CT molecular complexity index is 768. The Morgan fingerprint density at radius 2 is 1.72 bits per heavy atom. The third kappa shape index (κ3) is 6.36. The predicted molar refractivity (Wildman–Crippen MR) is 96.3 cm³/mol. The van der Waals surface area contributed by atoms with Crippen LogP contribution in [0.1, 0.15) is 11.1 Å². The van der Waals surface area contributed by atoms with Gasteiger partial charge in [-0.3, -0.25) is 9.59 Å². The van der Waals surface area contributed by atoms with E-state index in [1.807, 2.05) is 0 Å². The van der Waals surface area contributed by atoms with Crippen LogP contribution in [0.2, 0.25) is 10.0 Å². The fraction of sp³-hybridized carbons (Fsp3) is 0.222. The van der Waals surface area contributed by atoms with Gasteiger partial charge in [-0.05, 0) is 35.7 Å². The van der Waals surface area contributed by atoms with Crippen LogP contribution in [0.25, 0.3) is 0 Å². The Hall–Kier alpha value is -2.11. The molecule has 0 unspecified atom stereocenters. The maximum Gasteiger partial charge on any atom is 0.239 e. The van der Waals surface area contributed by atoms with E-state index in [0.717, 1.165) is 5.56 Å². The number of hydrogen-bond acceptors (Lipinski definition) is 2. The van der Waals surface area contributed by atoms with Crippen molar-refractivity contribution >= 4 is 35.0 Å². The van der Waals surface area contributed by atoms with E-state index >= 15 is 0 Å². The van der Waals surface area contributed by atoms with Gasteiger partial charge in [0.1, 0.15) is 5.82 Å². The van der Waals surface area contributed by atoms with Crippen molar-refractivity contribution in [3.63, 3.8) is 0 Å². The number of amides is 2. The highest BCUT2D eigenvalue weighted by Crippen LogP contribution is 2.20. The first-order valence-corrected chi connectivity index (χ1v) is 8.42.